The molecule has 3 nitrogen and oxygen atoms in total. The molecule has 0 saturated carbocycles. The van der Waals surface area contributed by atoms with Crippen LogP contribution in [0.4, 0.5) is 18.9 Å². The maximum absolute atomic E-state index is 13.7. The van der Waals surface area contributed by atoms with E-state index in [-0.39, 0.29) is 34.9 Å². The van der Waals surface area contributed by atoms with Gasteiger partial charge in [0.05, 0.1) is 17.1 Å². The van der Waals surface area contributed by atoms with Crippen molar-refractivity contribution in [3.63, 3.8) is 0 Å². The van der Waals surface area contributed by atoms with Crippen molar-refractivity contribution in [2.24, 2.45) is 0 Å². The molecule has 7 heteroatoms. The Morgan fingerprint density at radius 3 is 2.50 bits per heavy atom. The first-order valence-electron chi connectivity index (χ1n) is 7.78. The van der Waals surface area contributed by atoms with Crippen LogP contribution in [0, 0.1) is 17.5 Å². The highest BCUT2D eigenvalue weighted by Gasteiger charge is 2.09. The molecule has 0 aliphatic rings. The fraction of sp³-hybridized carbons (Fsp3) is 0.105. The molecule has 0 amide bonds. The van der Waals surface area contributed by atoms with E-state index < -0.39 is 11.6 Å². The largest absolute Gasteiger partial charge is 0.380 e. The molecule has 0 aliphatic carbocycles. The molecular weight excluding hydrogens is 361 g/mol. The van der Waals surface area contributed by atoms with Crippen molar-refractivity contribution < 1.29 is 13.2 Å². The minimum Gasteiger partial charge on any atom is -0.380 e. The first-order chi connectivity index (χ1) is 12.4. The van der Waals surface area contributed by atoms with Crippen LogP contribution in [0.25, 0.3) is 0 Å². The molecule has 3 aromatic rings. The molecule has 0 aliphatic heterocycles. The van der Waals surface area contributed by atoms with Crippen molar-refractivity contribution in [1.29, 1.82) is 0 Å². The van der Waals surface area contributed by atoms with Crippen LogP contribution < -0.4 is 10.9 Å². The zero-order valence-corrected chi connectivity index (χ0v) is 14.4. The molecule has 0 radical (unpaired) electrons. The van der Waals surface area contributed by atoms with Crippen molar-refractivity contribution in [2.45, 2.75) is 18.0 Å². The van der Waals surface area contributed by atoms with Crippen molar-refractivity contribution in [3.05, 3.63) is 93.7 Å². The Labute approximate surface area is 153 Å². The van der Waals surface area contributed by atoms with Gasteiger partial charge in [-0.3, -0.25) is 4.79 Å². The number of aromatic nitrogens is 1. The van der Waals surface area contributed by atoms with Gasteiger partial charge in [0.25, 0.3) is 5.56 Å². The second kappa shape index (κ2) is 7.70. The van der Waals surface area contributed by atoms with Gasteiger partial charge in [0.2, 0.25) is 0 Å². The number of nitrogens with one attached hydrogen (secondary N) is 1. The van der Waals surface area contributed by atoms with E-state index in [1.54, 1.807) is 24.4 Å². The number of rotatable bonds is 5. The summed E-state index contributed by atoms with van der Waals surface area (Å²) in [7, 11) is 0. The number of hydrogen-bond donors (Lipinski definition) is 2. The van der Waals surface area contributed by atoms with Crippen LogP contribution in [0.3, 0.4) is 0 Å². The summed E-state index contributed by atoms with van der Waals surface area (Å²) in [6.45, 7) is 0.282. The van der Waals surface area contributed by atoms with Gasteiger partial charge in [-0.1, -0.05) is 18.2 Å². The van der Waals surface area contributed by atoms with Crippen molar-refractivity contribution >= 4 is 18.3 Å². The summed E-state index contributed by atoms with van der Waals surface area (Å²) in [5.41, 5.74) is 0.983. The third kappa shape index (κ3) is 4.11. The lowest BCUT2D eigenvalue weighted by Gasteiger charge is -2.12. The minimum atomic E-state index is -0.669. The van der Waals surface area contributed by atoms with Gasteiger partial charge in [0.15, 0.2) is 0 Å². The quantitative estimate of drug-likeness (QED) is 0.654. The van der Waals surface area contributed by atoms with Crippen molar-refractivity contribution in [2.75, 3.05) is 5.32 Å². The summed E-state index contributed by atoms with van der Waals surface area (Å²) in [6.07, 6.45) is 1.55. The predicted octanol–water partition coefficient (Wildman–Crippen LogP) is 4.21. The molecule has 0 unspecified atom stereocenters. The molecule has 1 aromatic heterocycles. The van der Waals surface area contributed by atoms with Crippen LogP contribution >= 0.6 is 12.6 Å². The first kappa shape index (κ1) is 18.1. The van der Waals surface area contributed by atoms with Gasteiger partial charge >= 0.3 is 0 Å². The lowest BCUT2D eigenvalue weighted by Crippen LogP contribution is -2.22. The Bertz CT molecular complexity index is 1000. The van der Waals surface area contributed by atoms with E-state index in [9.17, 15) is 18.0 Å². The average Bonchev–Trinajstić information content (AvgIpc) is 2.60. The monoisotopic (exact) mass is 376 g/mol. The number of hydrogen-bond acceptors (Lipinski definition) is 3. The second-order valence-corrected chi connectivity index (χ2v) is 6.18. The van der Waals surface area contributed by atoms with Crippen molar-refractivity contribution in [1.82, 2.24) is 4.57 Å². The van der Waals surface area contributed by atoms with E-state index in [1.807, 2.05) is 0 Å². The van der Waals surface area contributed by atoms with E-state index in [1.165, 1.54) is 28.8 Å². The lowest BCUT2D eigenvalue weighted by atomic mass is 10.2. The van der Waals surface area contributed by atoms with Crippen LogP contribution in [-0.4, -0.2) is 4.57 Å². The number of anilines is 1. The smallest absolute Gasteiger partial charge is 0.266 e. The van der Waals surface area contributed by atoms with E-state index in [0.29, 0.717) is 11.3 Å². The van der Waals surface area contributed by atoms with Gasteiger partial charge in [-0.25, -0.2) is 13.2 Å². The topological polar surface area (TPSA) is 34.0 Å². The highest BCUT2D eigenvalue weighted by Crippen LogP contribution is 2.18. The zero-order chi connectivity index (χ0) is 18.7. The zero-order valence-electron chi connectivity index (χ0n) is 13.5. The Balaban J connectivity index is 1.78. The number of nitrogens with zero attached hydrogens (tertiary/aromatic N) is 1. The van der Waals surface area contributed by atoms with Gasteiger partial charge in [-0.05, 0) is 29.8 Å². The molecule has 1 N–H and O–H groups in total. The predicted molar refractivity (Wildman–Crippen MR) is 97.1 cm³/mol. The van der Waals surface area contributed by atoms with Crippen LogP contribution in [0.5, 0.6) is 0 Å². The fourth-order valence-corrected chi connectivity index (χ4v) is 2.80. The molecule has 0 atom stereocenters. The van der Waals surface area contributed by atoms with Gasteiger partial charge in [0, 0.05) is 24.4 Å². The number of halogens is 3. The number of pyridine rings is 1. The number of thiol groups is 1. The molecule has 134 valence electrons. The fourth-order valence-electron chi connectivity index (χ4n) is 2.52. The molecule has 0 bridgehead atoms. The van der Waals surface area contributed by atoms with Crippen molar-refractivity contribution in [3.8, 4) is 0 Å². The SMILES string of the molecule is O=c1c(S)c(NCc2ccc(F)cc2F)ccn1Cc1cccc(F)c1. The molecule has 3 rings (SSSR count). The molecular formula is C19H15F3N2OS. The first-order valence-corrected chi connectivity index (χ1v) is 8.23. The van der Waals surface area contributed by atoms with E-state index in [0.717, 1.165) is 6.07 Å². The molecule has 26 heavy (non-hydrogen) atoms. The lowest BCUT2D eigenvalue weighted by molar-refractivity contribution is 0.574. The van der Waals surface area contributed by atoms with Crippen LogP contribution in [0.2, 0.25) is 0 Å². The minimum absolute atomic E-state index is 0.0764. The van der Waals surface area contributed by atoms with Crippen LogP contribution in [0.1, 0.15) is 11.1 Å². The van der Waals surface area contributed by atoms with Crippen LogP contribution in [0.15, 0.2) is 64.4 Å². The Kier molecular flexibility index (Phi) is 5.37. The molecule has 2 aromatic carbocycles. The molecule has 1 heterocycles. The summed E-state index contributed by atoms with van der Waals surface area (Å²) in [4.78, 5) is 12.6. The third-order valence-corrected chi connectivity index (χ3v) is 4.30. The summed E-state index contributed by atoms with van der Waals surface area (Å²) < 4.78 is 41.3. The summed E-state index contributed by atoms with van der Waals surface area (Å²) in [6, 6.07) is 10.9. The highest BCUT2D eigenvalue weighted by atomic mass is 32.1. The third-order valence-electron chi connectivity index (χ3n) is 3.87. The van der Waals surface area contributed by atoms with E-state index in [4.69, 9.17) is 0 Å². The molecule has 0 spiro atoms. The molecule has 0 fully saturated rings. The van der Waals surface area contributed by atoms with E-state index >= 15 is 0 Å². The van der Waals surface area contributed by atoms with Gasteiger partial charge < -0.3 is 9.88 Å². The average molecular weight is 376 g/mol. The normalized spacial score (nSPS) is 10.8. The van der Waals surface area contributed by atoms with E-state index in [2.05, 4.69) is 17.9 Å². The standard InChI is InChI=1S/C19H15F3N2OS/c20-14-3-1-2-12(8-14)11-24-7-6-17(18(26)19(24)25)23-10-13-4-5-15(21)9-16(13)22/h1-9,23,26H,10-11H2. The highest BCUT2D eigenvalue weighted by molar-refractivity contribution is 7.80. The van der Waals surface area contributed by atoms with Gasteiger partial charge in [-0.15, -0.1) is 12.6 Å². The van der Waals surface area contributed by atoms with Gasteiger partial charge in [0.1, 0.15) is 17.5 Å². The second-order valence-electron chi connectivity index (χ2n) is 5.73. The van der Waals surface area contributed by atoms with Gasteiger partial charge in [-0.2, -0.15) is 0 Å². The number of benzene rings is 2. The van der Waals surface area contributed by atoms with Crippen LogP contribution in [-0.2, 0) is 13.1 Å². The molecule has 0 saturated heterocycles. The summed E-state index contributed by atoms with van der Waals surface area (Å²) in [5.74, 6) is -1.69. The Hall–Kier alpha value is -2.67. The summed E-state index contributed by atoms with van der Waals surface area (Å²) in [5, 5.41) is 2.92. The summed E-state index contributed by atoms with van der Waals surface area (Å²) >= 11 is 4.23. The Morgan fingerprint density at radius 2 is 1.77 bits per heavy atom. The Morgan fingerprint density at radius 1 is 1.00 bits per heavy atom. The maximum Gasteiger partial charge on any atom is 0.266 e. The maximum atomic E-state index is 13.7.